The molecule has 2 rings (SSSR count). The molecule has 1 unspecified atom stereocenters. The summed E-state index contributed by atoms with van der Waals surface area (Å²) in [5.41, 5.74) is 4.93. The van der Waals surface area contributed by atoms with Crippen molar-refractivity contribution in [3.63, 3.8) is 0 Å². The normalized spacial score (nSPS) is 13.6. The van der Waals surface area contributed by atoms with E-state index in [1.54, 1.807) is 0 Å². The van der Waals surface area contributed by atoms with Crippen LogP contribution in [0.5, 0.6) is 0 Å². The number of aryl methyl sites for hydroxylation is 1. The molecule has 5 nitrogen and oxygen atoms in total. The second-order valence-corrected chi connectivity index (χ2v) is 9.16. The molecule has 0 spiro atoms. The van der Waals surface area contributed by atoms with Gasteiger partial charge < -0.3 is 10.2 Å². The molecule has 0 radical (unpaired) electrons. The molecule has 0 saturated heterocycles. The number of allylic oxidation sites excluding steroid dienone is 2. The highest BCUT2D eigenvalue weighted by molar-refractivity contribution is 5.55. The zero-order valence-electron chi connectivity index (χ0n) is 22.8. The summed E-state index contributed by atoms with van der Waals surface area (Å²) in [6.07, 6.45) is 13.8. The molecule has 2 aromatic rings. The molecular formula is C30H43N5. The van der Waals surface area contributed by atoms with Gasteiger partial charge in [0.05, 0.1) is 17.3 Å². The molecule has 0 aliphatic rings. The molecule has 0 aliphatic heterocycles. The van der Waals surface area contributed by atoms with E-state index in [0.717, 1.165) is 45.9 Å². The van der Waals surface area contributed by atoms with Gasteiger partial charge in [0.1, 0.15) is 0 Å². The number of hydrogen-bond donors (Lipinski definition) is 1. The third-order valence-corrected chi connectivity index (χ3v) is 6.81. The predicted molar refractivity (Wildman–Crippen MR) is 148 cm³/mol. The van der Waals surface area contributed by atoms with E-state index in [1.165, 1.54) is 31.4 Å². The number of anilines is 1. The van der Waals surface area contributed by atoms with E-state index in [4.69, 9.17) is 0 Å². The molecular weight excluding hydrogens is 430 g/mol. The van der Waals surface area contributed by atoms with Gasteiger partial charge in [0.2, 0.25) is 0 Å². The highest BCUT2D eigenvalue weighted by Crippen LogP contribution is 2.18. The van der Waals surface area contributed by atoms with Crippen LogP contribution in [0.25, 0.3) is 12.2 Å². The lowest BCUT2D eigenvalue weighted by molar-refractivity contribution is 0.283. The lowest BCUT2D eigenvalue weighted by Crippen LogP contribution is -2.36. The predicted octanol–water partition coefficient (Wildman–Crippen LogP) is 5.74. The molecule has 1 N–H and O–H groups in total. The van der Waals surface area contributed by atoms with Crippen molar-refractivity contribution >= 4 is 18.0 Å². The number of hydrogen-bond acceptors (Lipinski definition) is 5. The summed E-state index contributed by atoms with van der Waals surface area (Å²) < 4.78 is 0. The summed E-state index contributed by atoms with van der Waals surface area (Å²) >= 11 is 0. The molecule has 1 heterocycles. The van der Waals surface area contributed by atoms with Gasteiger partial charge in [0.15, 0.2) is 5.82 Å². The number of rotatable bonds is 12. The molecule has 35 heavy (non-hydrogen) atoms. The number of benzene rings is 1. The first kappa shape index (κ1) is 28.1. The fourth-order valence-electron chi connectivity index (χ4n) is 4.55. The Kier molecular flexibility index (Phi) is 11.5. The SMILES string of the molecule is C/C=c1/c(C)nnc(NCc2cccc(C#N)c2C)/c1=C/C(=C/CC)N(C)C(CC)CCCCC. The van der Waals surface area contributed by atoms with E-state index in [9.17, 15) is 5.26 Å². The second-order valence-electron chi connectivity index (χ2n) is 9.16. The van der Waals surface area contributed by atoms with Gasteiger partial charge in [-0.2, -0.15) is 10.4 Å². The first-order valence-corrected chi connectivity index (χ1v) is 13.1. The van der Waals surface area contributed by atoms with Crippen LogP contribution in [0.1, 0.15) is 88.6 Å². The lowest BCUT2D eigenvalue weighted by atomic mass is 10.0. The summed E-state index contributed by atoms with van der Waals surface area (Å²) in [7, 11) is 2.22. The minimum absolute atomic E-state index is 0.508. The van der Waals surface area contributed by atoms with Crippen molar-refractivity contribution in [2.45, 2.75) is 92.7 Å². The Bertz CT molecular complexity index is 1160. The van der Waals surface area contributed by atoms with Crippen molar-refractivity contribution in [3.05, 3.63) is 62.8 Å². The maximum absolute atomic E-state index is 9.39. The molecule has 1 aromatic carbocycles. The molecule has 5 heteroatoms. The smallest absolute Gasteiger partial charge is 0.156 e. The Morgan fingerprint density at radius 2 is 1.91 bits per heavy atom. The van der Waals surface area contributed by atoms with Crippen LogP contribution in [0.2, 0.25) is 0 Å². The zero-order chi connectivity index (χ0) is 25.8. The van der Waals surface area contributed by atoms with Crippen LogP contribution < -0.4 is 15.8 Å². The number of nitrogens with zero attached hydrogens (tertiary/aromatic N) is 4. The summed E-state index contributed by atoms with van der Waals surface area (Å²) in [6.45, 7) is 13.4. The van der Waals surface area contributed by atoms with Crippen LogP contribution in [-0.2, 0) is 6.54 Å². The van der Waals surface area contributed by atoms with Crippen LogP contribution in [0.15, 0.2) is 30.0 Å². The van der Waals surface area contributed by atoms with Gasteiger partial charge in [0.25, 0.3) is 0 Å². The van der Waals surface area contributed by atoms with E-state index >= 15 is 0 Å². The van der Waals surface area contributed by atoms with Crippen LogP contribution in [0.4, 0.5) is 5.82 Å². The molecule has 188 valence electrons. The van der Waals surface area contributed by atoms with Crippen molar-refractivity contribution < 1.29 is 0 Å². The van der Waals surface area contributed by atoms with Crippen molar-refractivity contribution in [1.29, 1.82) is 5.26 Å². The van der Waals surface area contributed by atoms with E-state index in [2.05, 4.69) is 85.5 Å². The van der Waals surface area contributed by atoms with E-state index in [-0.39, 0.29) is 0 Å². The van der Waals surface area contributed by atoms with Crippen LogP contribution in [0, 0.1) is 25.2 Å². The van der Waals surface area contributed by atoms with Crippen LogP contribution >= 0.6 is 0 Å². The Labute approximate surface area is 212 Å². The largest absolute Gasteiger partial charge is 0.372 e. The molecule has 0 amide bonds. The summed E-state index contributed by atoms with van der Waals surface area (Å²) in [6, 6.07) is 8.63. The molecule has 0 fully saturated rings. The number of unbranched alkanes of at least 4 members (excludes halogenated alkanes) is 2. The topological polar surface area (TPSA) is 64.8 Å². The molecule has 0 bridgehead atoms. The van der Waals surface area contributed by atoms with Crippen molar-refractivity contribution in [2.24, 2.45) is 0 Å². The van der Waals surface area contributed by atoms with Crippen LogP contribution in [0.3, 0.4) is 0 Å². The fourth-order valence-corrected chi connectivity index (χ4v) is 4.55. The molecule has 0 aliphatic carbocycles. The summed E-state index contributed by atoms with van der Waals surface area (Å²) in [4.78, 5) is 2.44. The van der Waals surface area contributed by atoms with Gasteiger partial charge in [-0.1, -0.05) is 64.3 Å². The van der Waals surface area contributed by atoms with Gasteiger partial charge in [-0.25, -0.2) is 0 Å². The van der Waals surface area contributed by atoms with Crippen molar-refractivity contribution in [1.82, 2.24) is 15.1 Å². The maximum atomic E-state index is 9.39. The van der Waals surface area contributed by atoms with Gasteiger partial charge in [-0.3, -0.25) is 0 Å². The standard InChI is InChI=1S/C30H43N5/c1-8-12-13-18-26(10-3)35(7)27(15-9-2)19-29-28(11-4)23(6)33-34-30(29)32-21-25-17-14-16-24(20-31)22(25)5/h11,14-17,19,26H,8-10,12-13,18,21H2,1-7H3,(H,32,34)/b27-15-,28-11-,29-19+. The number of aromatic nitrogens is 2. The van der Waals surface area contributed by atoms with E-state index in [0.29, 0.717) is 18.2 Å². The maximum Gasteiger partial charge on any atom is 0.156 e. The monoisotopic (exact) mass is 473 g/mol. The van der Waals surface area contributed by atoms with Gasteiger partial charge in [0, 0.05) is 35.8 Å². The molecule has 1 atom stereocenters. The quantitative estimate of drug-likeness (QED) is 0.398. The minimum Gasteiger partial charge on any atom is -0.372 e. The van der Waals surface area contributed by atoms with Gasteiger partial charge in [-0.15, -0.1) is 5.10 Å². The number of nitriles is 1. The van der Waals surface area contributed by atoms with Crippen molar-refractivity contribution in [2.75, 3.05) is 12.4 Å². The fraction of sp³-hybridized carbons (Fsp3) is 0.500. The van der Waals surface area contributed by atoms with Gasteiger partial charge in [-0.05, 0) is 63.3 Å². The Hall–Kier alpha value is -3.13. The Balaban J connectivity index is 2.51. The van der Waals surface area contributed by atoms with E-state index in [1.807, 2.05) is 26.0 Å². The molecule has 0 saturated carbocycles. The highest BCUT2D eigenvalue weighted by atomic mass is 15.2. The van der Waals surface area contributed by atoms with E-state index < -0.39 is 0 Å². The summed E-state index contributed by atoms with van der Waals surface area (Å²) in [5.74, 6) is 0.764. The van der Waals surface area contributed by atoms with Crippen molar-refractivity contribution in [3.8, 4) is 6.07 Å². The minimum atomic E-state index is 0.508. The number of nitrogens with one attached hydrogen (secondary N) is 1. The summed E-state index contributed by atoms with van der Waals surface area (Å²) in [5, 5.41) is 24.0. The second kappa shape index (κ2) is 14.3. The van der Waals surface area contributed by atoms with Crippen LogP contribution in [-0.4, -0.2) is 28.2 Å². The third-order valence-electron chi connectivity index (χ3n) is 6.81. The average molecular weight is 474 g/mol. The third kappa shape index (κ3) is 7.42. The Morgan fingerprint density at radius 1 is 1.14 bits per heavy atom. The van der Waals surface area contributed by atoms with Gasteiger partial charge >= 0.3 is 0 Å². The highest BCUT2D eigenvalue weighted by Gasteiger charge is 2.15. The molecule has 1 aromatic heterocycles. The lowest BCUT2D eigenvalue weighted by Gasteiger charge is -2.30. The zero-order valence-corrected chi connectivity index (χ0v) is 22.8. The Morgan fingerprint density at radius 3 is 2.54 bits per heavy atom. The first-order valence-electron chi connectivity index (χ1n) is 13.1. The first-order chi connectivity index (χ1) is 16.9. The average Bonchev–Trinajstić information content (AvgIpc) is 2.86.